The molecule has 2 heterocycles. The van der Waals surface area contributed by atoms with Crippen LogP contribution < -0.4 is 19.1 Å². The third-order valence-electron chi connectivity index (χ3n) is 5.63. The van der Waals surface area contributed by atoms with Gasteiger partial charge in [0.05, 0.1) is 17.7 Å². The lowest BCUT2D eigenvalue weighted by Gasteiger charge is -2.30. The number of sulfonamides is 1. The highest BCUT2D eigenvalue weighted by atomic mass is 32.2. The van der Waals surface area contributed by atoms with Crippen molar-refractivity contribution in [3.8, 4) is 22.8 Å². The second kappa shape index (κ2) is 9.51. The van der Waals surface area contributed by atoms with Crippen LogP contribution in [0.25, 0.3) is 11.1 Å². The molecule has 0 radical (unpaired) electrons. The molecule has 8 nitrogen and oxygen atoms in total. The third kappa shape index (κ3) is 4.81. The summed E-state index contributed by atoms with van der Waals surface area (Å²) >= 11 is 0. The molecule has 11 heteroatoms. The summed E-state index contributed by atoms with van der Waals surface area (Å²) in [5.41, 5.74) is 2.07. The highest BCUT2D eigenvalue weighted by Crippen LogP contribution is 2.40. The largest absolute Gasteiger partial charge is 0.482 e. The minimum absolute atomic E-state index is 0.0267. The molecule has 4 aromatic rings. The van der Waals surface area contributed by atoms with Crippen LogP contribution in [-0.4, -0.2) is 33.0 Å². The summed E-state index contributed by atoms with van der Waals surface area (Å²) in [5, 5.41) is 0. The quantitative estimate of drug-likeness (QED) is 0.386. The lowest BCUT2D eigenvalue weighted by Crippen LogP contribution is -2.35. The molecular formula is C26H19F2N3O5S. The van der Waals surface area contributed by atoms with Gasteiger partial charge in [0.1, 0.15) is 23.1 Å². The summed E-state index contributed by atoms with van der Waals surface area (Å²) in [5.74, 6) is -0.856. The molecule has 0 atom stereocenters. The smallest absolute Gasteiger partial charge is 0.269 e. The summed E-state index contributed by atoms with van der Waals surface area (Å²) < 4.78 is 65.7. The number of anilines is 3. The Morgan fingerprint density at radius 2 is 1.62 bits per heavy atom. The van der Waals surface area contributed by atoms with E-state index in [1.165, 1.54) is 48.5 Å². The zero-order valence-electron chi connectivity index (χ0n) is 19.3. The van der Waals surface area contributed by atoms with Gasteiger partial charge in [-0.2, -0.15) is 0 Å². The van der Waals surface area contributed by atoms with Crippen molar-refractivity contribution in [3.05, 3.63) is 90.6 Å². The van der Waals surface area contributed by atoms with Gasteiger partial charge in [-0.15, -0.1) is 0 Å². The monoisotopic (exact) mass is 523 g/mol. The van der Waals surface area contributed by atoms with E-state index in [9.17, 15) is 22.0 Å². The Morgan fingerprint density at radius 1 is 0.946 bits per heavy atom. The number of ether oxygens (including phenoxy) is 2. The summed E-state index contributed by atoms with van der Waals surface area (Å²) in [6, 6.07) is 16.5. The molecule has 1 N–H and O–H groups in total. The Hall–Kier alpha value is -4.51. The van der Waals surface area contributed by atoms with Crippen LogP contribution in [0.1, 0.15) is 0 Å². The first kappa shape index (κ1) is 24.2. The molecule has 0 saturated carbocycles. The maximum Gasteiger partial charge on any atom is 0.269 e. The number of nitrogens with zero attached hydrogens (tertiary/aromatic N) is 2. The van der Waals surface area contributed by atoms with E-state index >= 15 is 0 Å². The Bertz CT molecular complexity index is 1590. The second-order valence-electron chi connectivity index (χ2n) is 8.02. The van der Waals surface area contributed by atoms with Crippen LogP contribution in [0.5, 0.6) is 11.6 Å². The van der Waals surface area contributed by atoms with Crippen molar-refractivity contribution >= 4 is 33.0 Å². The average molecular weight is 524 g/mol. The number of methoxy groups -OCH3 is 1. The van der Waals surface area contributed by atoms with Crippen molar-refractivity contribution in [1.29, 1.82) is 0 Å². The van der Waals surface area contributed by atoms with Gasteiger partial charge in [0.25, 0.3) is 15.9 Å². The van der Waals surface area contributed by atoms with E-state index in [1.807, 2.05) is 0 Å². The molecule has 3 aromatic carbocycles. The molecule has 5 rings (SSSR count). The summed E-state index contributed by atoms with van der Waals surface area (Å²) in [7, 11) is -2.72. The van der Waals surface area contributed by atoms with Crippen LogP contribution in [0.15, 0.2) is 83.9 Å². The minimum Gasteiger partial charge on any atom is -0.482 e. The van der Waals surface area contributed by atoms with E-state index in [0.717, 1.165) is 24.3 Å². The lowest BCUT2D eigenvalue weighted by molar-refractivity contribution is -0.120. The van der Waals surface area contributed by atoms with E-state index in [0.29, 0.717) is 28.3 Å². The van der Waals surface area contributed by atoms with Gasteiger partial charge < -0.3 is 9.47 Å². The van der Waals surface area contributed by atoms with Crippen molar-refractivity contribution < 1.29 is 31.5 Å². The fourth-order valence-corrected chi connectivity index (χ4v) is 4.92. The molecule has 37 heavy (non-hydrogen) atoms. The molecule has 0 aliphatic carbocycles. The number of aromatic nitrogens is 1. The van der Waals surface area contributed by atoms with E-state index < -0.39 is 21.7 Å². The van der Waals surface area contributed by atoms with Crippen LogP contribution in [0, 0.1) is 11.6 Å². The SMILES string of the molecule is COc1ncc(-c2ccc3c(c2)N(c2ccc(F)cc2)C(=O)CO3)cc1NS(=O)(=O)c1ccc(F)cc1. The van der Waals surface area contributed by atoms with Gasteiger partial charge in [-0.05, 0) is 72.3 Å². The van der Waals surface area contributed by atoms with Crippen molar-refractivity contribution in [2.45, 2.75) is 4.90 Å². The predicted molar refractivity (Wildman–Crippen MR) is 132 cm³/mol. The zero-order chi connectivity index (χ0) is 26.2. The van der Waals surface area contributed by atoms with Gasteiger partial charge in [-0.1, -0.05) is 6.07 Å². The number of rotatable bonds is 6. The molecule has 1 amide bonds. The van der Waals surface area contributed by atoms with Crippen molar-refractivity contribution in [2.75, 3.05) is 23.3 Å². The van der Waals surface area contributed by atoms with Gasteiger partial charge in [-0.3, -0.25) is 14.4 Å². The van der Waals surface area contributed by atoms with E-state index in [1.54, 1.807) is 18.2 Å². The van der Waals surface area contributed by atoms with Crippen LogP contribution >= 0.6 is 0 Å². The number of hydrogen-bond donors (Lipinski definition) is 1. The first-order valence-corrected chi connectivity index (χ1v) is 12.4. The van der Waals surface area contributed by atoms with Crippen LogP contribution in [0.3, 0.4) is 0 Å². The van der Waals surface area contributed by atoms with Gasteiger partial charge >= 0.3 is 0 Å². The third-order valence-corrected chi connectivity index (χ3v) is 7.01. The summed E-state index contributed by atoms with van der Waals surface area (Å²) in [6.07, 6.45) is 1.49. The van der Waals surface area contributed by atoms with Gasteiger partial charge in [-0.25, -0.2) is 22.2 Å². The highest BCUT2D eigenvalue weighted by Gasteiger charge is 2.28. The number of carbonyl (C=O) groups excluding carboxylic acids is 1. The lowest BCUT2D eigenvalue weighted by atomic mass is 10.0. The van der Waals surface area contributed by atoms with E-state index in [4.69, 9.17) is 9.47 Å². The molecular weight excluding hydrogens is 504 g/mol. The minimum atomic E-state index is -4.07. The summed E-state index contributed by atoms with van der Waals surface area (Å²) in [4.78, 5) is 18.2. The maximum atomic E-state index is 13.5. The molecule has 188 valence electrons. The molecule has 0 saturated heterocycles. The van der Waals surface area contributed by atoms with Crippen molar-refractivity contribution in [2.24, 2.45) is 0 Å². The Morgan fingerprint density at radius 3 is 2.30 bits per heavy atom. The molecule has 1 aliphatic rings. The Balaban J connectivity index is 1.54. The number of pyridine rings is 1. The number of halogens is 2. The predicted octanol–water partition coefficient (Wildman–Crippen LogP) is 4.89. The topological polar surface area (TPSA) is 97.8 Å². The Kier molecular flexibility index (Phi) is 6.22. The van der Waals surface area contributed by atoms with Crippen LogP contribution in [0.2, 0.25) is 0 Å². The van der Waals surface area contributed by atoms with Crippen LogP contribution in [0.4, 0.5) is 25.8 Å². The number of amides is 1. The molecule has 0 fully saturated rings. The van der Waals surface area contributed by atoms with Gasteiger partial charge in [0.15, 0.2) is 6.61 Å². The molecule has 1 aromatic heterocycles. The van der Waals surface area contributed by atoms with E-state index in [-0.39, 0.29) is 29.0 Å². The first-order valence-electron chi connectivity index (χ1n) is 10.9. The molecule has 1 aliphatic heterocycles. The highest BCUT2D eigenvalue weighted by molar-refractivity contribution is 7.92. The average Bonchev–Trinajstić information content (AvgIpc) is 2.89. The number of benzene rings is 3. The molecule has 0 bridgehead atoms. The number of nitrogens with one attached hydrogen (secondary N) is 1. The van der Waals surface area contributed by atoms with Gasteiger partial charge in [0.2, 0.25) is 5.88 Å². The standard InChI is InChI=1S/C26H19F2N3O5S/c1-35-26-22(30-37(33,34)21-9-5-19(28)6-10-21)12-17(14-29-26)16-2-11-24-23(13-16)31(25(32)15-36-24)20-7-3-18(27)4-8-20/h2-14,30H,15H2,1H3. The maximum absolute atomic E-state index is 13.5. The number of fused-ring (bicyclic) bond motifs is 1. The zero-order valence-corrected chi connectivity index (χ0v) is 20.1. The number of hydrogen-bond acceptors (Lipinski definition) is 6. The molecule has 0 unspecified atom stereocenters. The first-order chi connectivity index (χ1) is 17.7. The van der Waals surface area contributed by atoms with Crippen LogP contribution in [-0.2, 0) is 14.8 Å². The van der Waals surface area contributed by atoms with E-state index in [2.05, 4.69) is 9.71 Å². The fourth-order valence-electron chi connectivity index (χ4n) is 3.87. The van der Waals surface area contributed by atoms with Crippen molar-refractivity contribution in [1.82, 2.24) is 4.98 Å². The van der Waals surface area contributed by atoms with Gasteiger partial charge in [0, 0.05) is 17.4 Å². The fraction of sp³-hybridized carbons (Fsp3) is 0.0769. The number of carbonyl (C=O) groups is 1. The molecule has 0 spiro atoms. The Labute approximate surface area is 211 Å². The second-order valence-corrected chi connectivity index (χ2v) is 9.70. The van der Waals surface area contributed by atoms with Crippen molar-refractivity contribution in [3.63, 3.8) is 0 Å². The summed E-state index contributed by atoms with van der Waals surface area (Å²) in [6.45, 7) is -0.177. The normalized spacial score (nSPS) is 13.1.